The third-order valence-corrected chi connectivity index (χ3v) is 6.35. The summed E-state index contributed by atoms with van der Waals surface area (Å²) in [4.78, 5) is 0. The van der Waals surface area contributed by atoms with Crippen LogP contribution < -0.4 is 0 Å². The van der Waals surface area contributed by atoms with Crippen molar-refractivity contribution in [2.75, 3.05) is 0 Å². The third kappa shape index (κ3) is 4.13. The minimum atomic E-state index is 0.0580. The van der Waals surface area contributed by atoms with Gasteiger partial charge in [-0.05, 0) is 96.5 Å². The van der Waals surface area contributed by atoms with Crippen LogP contribution in [-0.2, 0) is 0 Å². The summed E-state index contributed by atoms with van der Waals surface area (Å²) in [6, 6.07) is 24.1. The van der Waals surface area contributed by atoms with Crippen molar-refractivity contribution in [1.29, 1.82) is 0 Å². The summed E-state index contributed by atoms with van der Waals surface area (Å²) >= 11 is 0. The minimum absolute atomic E-state index is 0.0580. The van der Waals surface area contributed by atoms with Crippen molar-refractivity contribution in [2.24, 2.45) is 0 Å². The van der Waals surface area contributed by atoms with Crippen LogP contribution in [0.3, 0.4) is 0 Å². The molecular weight excluding hydrogens is 392 g/mol. The molecule has 4 aromatic rings. The van der Waals surface area contributed by atoms with Gasteiger partial charge in [0, 0.05) is 5.92 Å². The van der Waals surface area contributed by atoms with Crippen LogP contribution in [0, 0.1) is 27.7 Å². The lowest BCUT2D eigenvalue weighted by atomic mass is 9.82. The molecule has 0 amide bonds. The monoisotopic (exact) mass is 422 g/mol. The minimum Gasteiger partial charge on any atom is -0.508 e. The average molecular weight is 423 g/mol. The van der Waals surface area contributed by atoms with Crippen LogP contribution >= 0.6 is 0 Å². The first-order valence-corrected chi connectivity index (χ1v) is 11.1. The van der Waals surface area contributed by atoms with E-state index in [9.17, 15) is 10.2 Å². The van der Waals surface area contributed by atoms with E-state index in [0.29, 0.717) is 0 Å². The highest BCUT2D eigenvalue weighted by atomic mass is 16.3. The third-order valence-electron chi connectivity index (χ3n) is 6.35. The Labute approximate surface area is 190 Å². The number of phenolic OH excluding ortho intramolecular Hbond substituents is 2. The quantitative estimate of drug-likeness (QED) is 0.352. The Morgan fingerprint density at radius 2 is 0.906 bits per heavy atom. The van der Waals surface area contributed by atoms with Gasteiger partial charge in [-0.15, -0.1) is 0 Å². The van der Waals surface area contributed by atoms with E-state index in [-0.39, 0.29) is 17.4 Å². The Hall–Kier alpha value is -3.52. The summed E-state index contributed by atoms with van der Waals surface area (Å²) in [5, 5.41) is 20.6. The molecule has 0 bridgehead atoms. The van der Waals surface area contributed by atoms with Crippen LogP contribution in [0.2, 0.25) is 0 Å². The summed E-state index contributed by atoms with van der Waals surface area (Å²) < 4.78 is 0. The fraction of sp³-hybridized carbons (Fsp3) is 0.200. The van der Waals surface area contributed by atoms with E-state index >= 15 is 0 Å². The zero-order valence-electron chi connectivity index (χ0n) is 19.4. The molecule has 0 heterocycles. The molecule has 0 atom stereocenters. The lowest BCUT2D eigenvalue weighted by Gasteiger charge is -2.22. The van der Waals surface area contributed by atoms with Crippen molar-refractivity contribution >= 4 is 0 Å². The molecule has 0 unspecified atom stereocenters. The molecule has 0 saturated heterocycles. The van der Waals surface area contributed by atoms with Gasteiger partial charge in [0.25, 0.3) is 0 Å². The van der Waals surface area contributed by atoms with Gasteiger partial charge in [-0.25, -0.2) is 0 Å². The van der Waals surface area contributed by atoms with Crippen molar-refractivity contribution < 1.29 is 10.2 Å². The largest absolute Gasteiger partial charge is 0.508 e. The molecular formula is C30H30O2. The number of hydrogen-bond acceptors (Lipinski definition) is 2. The van der Waals surface area contributed by atoms with E-state index in [1.54, 1.807) is 12.1 Å². The topological polar surface area (TPSA) is 40.5 Å². The molecule has 0 saturated carbocycles. The summed E-state index contributed by atoms with van der Waals surface area (Å²) in [5.74, 6) is 0.579. The number of hydrogen-bond donors (Lipinski definition) is 2. The highest BCUT2D eigenvalue weighted by molar-refractivity contribution is 5.77. The molecule has 4 aromatic carbocycles. The standard InChI is InChI=1S/C30H30O2/c1-18-6-10-25(20(3)14-18)29-16-23(31)8-12-27(29)22(5)28-13-9-24(32)17-30(28)26-11-7-19(2)15-21(26)4/h6-17,22,31-32H,1-5H3. The first-order chi connectivity index (χ1) is 15.2. The summed E-state index contributed by atoms with van der Waals surface area (Å²) in [7, 11) is 0. The second kappa shape index (κ2) is 8.55. The smallest absolute Gasteiger partial charge is 0.116 e. The van der Waals surface area contributed by atoms with Gasteiger partial charge >= 0.3 is 0 Å². The molecule has 2 heteroatoms. The normalized spacial score (nSPS) is 11.2. The Morgan fingerprint density at radius 1 is 0.500 bits per heavy atom. The molecule has 2 nitrogen and oxygen atoms in total. The summed E-state index contributed by atoms with van der Waals surface area (Å²) in [5.41, 5.74) is 11.4. The number of aromatic hydroxyl groups is 2. The molecule has 4 rings (SSSR count). The highest BCUT2D eigenvalue weighted by Crippen LogP contribution is 2.41. The number of phenols is 2. The molecule has 162 valence electrons. The Balaban J connectivity index is 1.91. The molecule has 32 heavy (non-hydrogen) atoms. The van der Waals surface area contributed by atoms with Crippen LogP contribution in [0.15, 0.2) is 72.8 Å². The second-order valence-corrected chi connectivity index (χ2v) is 8.90. The first-order valence-electron chi connectivity index (χ1n) is 11.1. The van der Waals surface area contributed by atoms with Crippen molar-refractivity contribution in [3.63, 3.8) is 0 Å². The number of aryl methyl sites for hydroxylation is 4. The van der Waals surface area contributed by atoms with Crippen molar-refractivity contribution in [2.45, 2.75) is 40.5 Å². The van der Waals surface area contributed by atoms with Crippen LogP contribution in [0.5, 0.6) is 11.5 Å². The summed E-state index contributed by atoms with van der Waals surface area (Å²) in [6.45, 7) is 10.6. The molecule has 0 aliphatic rings. The van der Waals surface area contributed by atoms with E-state index < -0.39 is 0 Å². The molecule has 0 spiro atoms. The lowest BCUT2D eigenvalue weighted by Crippen LogP contribution is -2.02. The average Bonchev–Trinajstić information content (AvgIpc) is 2.73. The van der Waals surface area contributed by atoms with Crippen molar-refractivity contribution in [3.8, 4) is 33.8 Å². The Kier molecular flexibility index (Phi) is 5.80. The molecule has 0 aliphatic heterocycles. The lowest BCUT2D eigenvalue weighted by molar-refractivity contribution is 0.475. The zero-order valence-corrected chi connectivity index (χ0v) is 19.4. The van der Waals surface area contributed by atoms with Gasteiger partial charge in [-0.3, -0.25) is 0 Å². The van der Waals surface area contributed by atoms with Crippen molar-refractivity contribution in [1.82, 2.24) is 0 Å². The Bertz CT molecular complexity index is 1200. The molecule has 0 radical (unpaired) electrons. The van der Waals surface area contributed by atoms with Gasteiger partial charge in [0.2, 0.25) is 0 Å². The van der Waals surface area contributed by atoms with Gasteiger partial charge in [0.15, 0.2) is 0 Å². The number of rotatable bonds is 4. The van der Waals surface area contributed by atoms with Crippen molar-refractivity contribution in [3.05, 3.63) is 106 Å². The van der Waals surface area contributed by atoms with E-state index in [2.05, 4.69) is 71.0 Å². The maximum atomic E-state index is 10.3. The van der Waals surface area contributed by atoms with Gasteiger partial charge in [0.1, 0.15) is 11.5 Å². The van der Waals surface area contributed by atoms with E-state index in [4.69, 9.17) is 0 Å². The first kappa shape index (κ1) is 21.7. The van der Waals surface area contributed by atoms with E-state index in [1.165, 1.54) is 22.3 Å². The second-order valence-electron chi connectivity index (χ2n) is 8.90. The van der Waals surface area contributed by atoms with Crippen LogP contribution in [0.25, 0.3) is 22.3 Å². The van der Waals surface area contributed by atoms with E-state index in [1.807, 2.05) is 24.3 Å². The van der Waals surface area contributed by atoms with Crippen LogP contribution in [-0.4, -0.2) is 10.2 Å². The predicted molar refractivity (Wildman–Crippen MR) is 134 cm³/mol. The molecule has 2 N–H and O–H groups in total. The fourth-order valence-corrected chi connectivity index (χ4v) is 4.71. The van der Waals surface area contributed by atoms with Gasteiger partial charge in [-0.2, -0.15) is 0 Å². The summed E-state index contributed by atoms with van der Waals surface area (Å²) in [6.07, 6.45) is 0. The Morgan fingerprint density at radius 3 is 1.28 bits per heavy atom. The fourth-order valence-electron chi connectivity index (χ4n) is 4.71. The molecule has 0 aliphatic carbocycles. The number of benzene rings is 4. The molecule has 0 aromatic heterocycles. The maximum Gasteiger partial charge on any atom is 0.116 e. The van der Waals surface area contributed by atoms with Gasteiger partial charge in [-0.1, -0.05) is 66.6 Å². The SMILES string of the molecule is Cc1ccc(-c2cc(O)ccc2C(C)c2ccc(O)cc2-c2ccc(C)cc2C)c(C)c1. The van der Waals surface area contributed by atoms with Gasteiger partial charge < -0.3 is 10.2 Å². The van der Waals surface area contributed by atoms with Crippen LogP contribution in [0.4, 0.5) is 0 Å². The van der Waals surface area contributed by atoms with Crippen LogP contribution in [0.1, 0.15) is 46.2 Å². The van der Waals surface area contributed by atoms with Gasteiger partial charge in [0.05, 0.1) is 0 Å². The van der Waals surface area contributed by atoms with E-state index in [0.717, 1.165) is 33.4 Å². The maximum absolute atomic E-state index is 10.3. The highest BCUT2D eigenvalue weighted by Gasteiger charge is 2.20. The predicted octanol–water partition coefficient (Wildman–Crippen LogP) is 7.82. The zero-order chi connectivity index (χ0) is 23.0. The molecule has 0 fully saturated rings.